The fraction of sp³-hybridized carbons (Fsp3) is 0.214. The summed E-state index contributed by atoms with van der Waals surface area (Å²) < 4.78 is 6.25. The van der Waals surface area contributed by atoms with Gasteiger partial charge in [-0.05, 0) is 59.7 Å². The fourth-order valence-electron chi connectivity index (χ4n) is 4.42. The van der Waals surface area contributed by atoms with Gasteiger partial charge in [0.05, 0.1) is 24.5 Å². The molecular weight excluding hydrogens is 581 g/mol. The minimum absolute atomic E-state index is 0.177. The zero-order valence-corrected chi connectivity index (χ0v) is 24.0. The molecule has 4 aromatic rings. The lowest BCUT2D eigenvalue weighted by Crippen LogP contribution is -2.22. The molecule has 14 heteroatoms. The molecule has 2 bridgehead atoms. The van der Waals surface area contributed by atoms with Crippen molar-refractivity contribution in [2.24, 2.45) is 0 Å². The van der Waals surface area contributed by atoms with Crippen molar-refractivity contribution in [2.75, 3.05) is 24.3 Å². The number of allylic oxidation sites excluding steroid dienone is 1. The number of nitrogens with zero attached hydrogens (tertiary/aromatic N) is 5. The number of benzene rings is 2. The molecule has 0 radical (unpaired) electrons. The first-order valence-corrected chi connectivity index (χ1v) is 13.8. The molecule has 3 heterocycles. The second-order valence-corrected chi connectivity index (χ2v) is 10.1. The highest BCUT2D eigenvalue weighted by molar-refractivity contribution is 6.32. The van der Waals surface area contributed by atoms with Crippen LogP contribution in [-0.2, 0) is 9.53 Å². The van der Waals surface area contributed by atoms with Gasteiger partial charge in [-0.1, -0.05) is 47.5 Å². The Hall–Kier alpha value is -4.52. The lowest BCUT2D eigenvalue weighted by Gasteiger charge is -2.14. The zero-order valence-electron chi connectivity index (χ0n) is 22.5. The lowest BCUT2D eigenvalue weighted by molar-refractivity contribution is -0.116. The molecule has 42 heavy (non-hydrogen) atoms. The third kappa shape index (κ3) is 7.03. The number of anilines is 2. The second-order valence-electron chi connectivity index (χ2n) is 9.28. The Morgan fingerprint density at radius 1 is 1.21 bits per heavy atom. The van der Waals surface area contributed by atoms with Crippen LogP contribution in [0.15, 0.2) is 61.0 Å². The number of imidazole rings is 1. The number of aromatic amines is 1. The van der Waals surface area contributed by atoms with E-state index >= 15 is 0 Å². The van der Waals surface area contributed by atoms with Gasteiger partial charge in [-0.3, -0.25) is 10.1 Å². The average molecular weight is 608 g/mol. The van der Waals surface area contributed by atoms with Gasteiger partial charge in [-0.25, -0.2) is 9.78 Å². The van der Waals surface area contributed by atoms with Crippen molar-refractivity contribution in [3.05, 3.63) is 82.5 Å². The quantitative estimate of drug-likeness (QED) is 0.208. The second kappa shape index (κ2) is 13.4. The number of amides is 2. The number of hydrogen-bond donors (Lipinski definition) is 4. The van der Waals surface area contributed by atoms with E-state index < -0.39 is 6.09 Å². The molecule has 0 spiro atoms. The summed E-state index contributed by atoms with van der Waals surface area (Å²) in [6, 6.07) is 10.3. The predicted octanol–water partition coefficient (Wildman–Crippen LogP) is 5.56. The number of ether oxygens (including phenoxy) is 1. The SMILES string of the molecule is COC(=O)Nc1ccc2c(c1)NC(=O)CC/C=C/C[C@H](NC/C=C/c1cc(Cl)ccc1-n1cnnn1)c1nc-2c(Cl)[nH]1. The molecule has 0 saturated heterocycles. The first kappa shape index (κ1) is 29.0. The molecule has 1 aliphatic rings. The van der Waals surface area contributed by atoms with Gasteiger partial charge in [0.2, 0.25) is 5.91 Å². The van der Waals surface area contributed by atoms with Crippen LogP contribution in [0.1, 0.15) is 36.7 Å². The number of carbonyl (C=O) groups is 2. The smallest absolute Gasteiger partial charge is 0.411 e. The molecule has 0 aliphatic carbocycles. The third-order valence-corrected chi connectivity index (χ3v) is 6.94. The number of rotatable bonds is 6. The van der Waals surface area contributed by atoms with Crippen molar-refractivity contribution in [1.82, 2.24) is 35.5 Å². The van der Waals surface area contributed by atoms with E-state index in [0.717, 1.165) is 11.3 Å². The molecule has 4 N–H and O–H groups in total. The molecule has 2 aromatic heterocycles. The Bertz CT molecular complexity index is 1630. The van der Waals surface area contributed by atoms with E-state index in [9.17, 15) is 9.59 Å². The number of aromatic nitrogens is 6. The summed E-state index contributed by atoms with van der Waals surface area (Å²) >= 11 is 12.9. The van der Waals surface area contributed by atoms with Crippen LogP contribution < -0.4 is 16.0 Å². The highest BCUT2D eigenvalue weighted by atomic mass is 35.5. The largest absolute Gasteiger partial charge is 0.453 e. The van der Waals surface area contributed by atoms with E-state index in [1.54, 1.807) is 28.9 Å². The number of carbonyl (C=O) groups excluding carboxylic acids is 2. The van der Waals surface area contributed by atoms with Gasteiger partial charge in [-0.2, -0.15) is 4.68 Å². The van der Waals surface area contributed by atoms with Crippen molar-refractivity contribution in [1.29, 1.82) is 0 Å². The van der Waals surface area contributed by atoms with Gasteiger partial charge >= 0.3 is 6.09 Å². The van der Waals surface area contributed by atoms with Gasteiger partial charge in [0.25, 0.3) is 0 Å². The third-order valence-electron chi connectivity index (χ3n) is 6.43. The standard InChI is InChI=1S/C28H27Cl2N9O3/c1-42-28(41)33-19-10-11-20-22(15-19)34-24(40)8-4-2-3-7-21(27-35-25(20)26(30)36-27)31-13-5-6-17-14-18(29)9-12-23(17)39-16-32-37-38-39/h2-3,5-6,9-12,14-16,21,31H,4,7-8,13H2,1H3,(H,33,41)(H,34,40)(H,35,36)/b3-2+,6-5+/t21-/m0/s1. The first-order chi connectivity index (χ1) is 20.4. The van der Waals surface area contributed by atoms with Crippen molar-refractivity contribution in [2.45, 2.75) is 25.3 Å². The number of fused-ring (bicyclic) bond motifs is 4. The lowest BCUT2D eigenvalue weighted by atomic mass is 10.1. The van der Waals surface area contributed by atoms with Gasteiger partial charge in [0.1, 0.15) is 23.0 Å². The van der Waals surface area contributed by atoms with Crippen LogP contribution in [0.2, 0.25) is 10.2 Å². The average Bonchev–Trinajstić information content (AvgIpc) is 3.64. The summed E-state index contributed by atoms with van der Waals surface area (Å²) in [6.07, 6.45) is 10.3. The number of methoxy groups -OCH3 is 1. The number of hydrogen-bond acceptors (Lipinski definition) is 8. The molecule has 2 aromatic carbocycles. The normalized spacial score (nSPS) is 16.1. The van der Waals surface area contributed by atoms with Crippen LogP contribution in [0.5, 0.6) is 0 Å². The van der Waals surface area contributed by atoms with Crippen LogP contribution in [0, 0.1) is 0 Å². The fourth-order valence-corrected chi connectivity index (χ4v) is 4.84. The zero-order chi connectivity index (χ0) is 29.5. The number of tetrazole rings is 1. The number of nitrogens with one attached hydrogen (secondary N) is 4. The van der Waals surface area contributed by atoms with Crippen LogP contribution in [0.3, 0.4) is 0 Å². The van der Waals surface area contributed by atoms with E-state index in [4.69, 9.17) is 28.2 Å². The summed E-state index contributed by atoms with van der Waals surface area (Å²) in [5, 5.41) is 21.4. The molecule has 1 aliphatic heterocycles. The molecule has 1 atom stereocenters. The van der Waals surface area contributed by atoms with Crippen LogP contribution >= 0.6 is 23.2 Å². The molecule has 12 nitrogen and oxygen atoms in total. The van der Waals surface area contributed by atoms with E-state index in [-0.39, 0.29) is 18.4 Å². The Balaban J connectivity index is 1.40. The number of H-pyrrole nitrogens is 1. The minimum Gasteiger partial charge on any atom is -0.453 e. The van der Waals surface area contributed by atoms with Gasteiger partial charge < -0.3 is 20.4 Å². The van der Waals surface area contributed by atoms with Crippen LogP contribution in [0.4, 0.5) is 16.2 Å². The van der Waals surface area contributed by atoms with Crippen molar-refractivity contribution in [3.8, 4) is 16.9 Å². The highest BCUT2D eigenvalue weighted by Crippen LogP contribution is 2.35. The van der Waals surface area contributed by atoms with Gasteiger partial charge in [0.15, 0.2) is 0 Å². The molecule has 216 valence electrons. The predicted molar refractivity (Wildman–Crippen MR) is 161 cm³/mol. The van der Waals surface area contributed by atoms with Crippen molar-refractivity contribution in [3.63, 3.8) is 0 Å². The Morgan fingerprint density at radius 3 is 2.90 bits per heavy atom. The maximum Gasteiger partial charge on any atom is 0.411 e. The Labute approximate surface area is 251 Å². The summed E-state index contributed by atoms with van der Waals surface area (Å²) in [5.74, 6) is 0.461. The van der Waals surface area contributed by atoms with E-state index in [1.165, 1.54) is 13.4 Å². The summed E-state index contributed by atoms with van der Waals surface area (Å²) in [7, 11) is 1.28. The minimum atomic E-state index is -0.624. The molecule has 0 fully saturated rings. The Kier molecular flexibility index (Phi) is 9.27. The van der Waals surface area contributed by atoms with Crippen LogP contribution in [0.25, 0.3) is 23.0 Å². The van der Waals surface area contributed by atoms with Gasteiger partial charge in [0, 0.05) is 34.8 Å². The maximum absolute atomic E-state index is 12.7. The van der Waals surface area contributed by atoms with Crippen molar-refractivity contribution >= 4 is 52.7 Å². The monoisotopic (exact) mass is 607 g/mol. The van der Waals surface area contributed by atoms with Crippen LogP contribution in [-0.4, -0.2) is 55.8 Å². The van der Waals surface area contributed by atoms with Crippen molar-refractivity contribution < 1.29 is 14.3 Å². The summed E-state index contributed by atoms with van der Waals surface area (Å²) in [6.45, 7) is 0.507. The molecule has 0 unspecified atom stereocenters. The number of halogens is 2. The van der Waals surface area contributed by atoms with E-state index in [1.807, 2.05) is 36.4 Å². The molecule has 0 saturated carbocycles. The van der Waals surface area contributed by atoms with E-state index in [0.29, 0.717) is 58.0 Å². The summed E-state index contributed by atoms with van der Waals surface area (Å²) in [5.41, 5.74) is 3.63. The van der Waals surface area contributed by atoms with Gasteiger partial charge in [-0.15, -0.1) is 5.10 Å². The molecule has 5 rings (SSSR count). The maximum atomic E-state index is 12.7. The first-order valence-electron chi connectivity index (χ1n) is 13.0. The molecular formula is C28H27Cl2N9O3. The van der Waals surface area contributed by atoms with E-state index in [2.05, 4.69) is 41.2 Å². The highest BCUT2D eigenvalue weighted by Gasteiger charge is 2.21. The molecule has 2 amide bonds. The summed E-state index contributed by atoms with van der Waals surface area (Å²) in [4.78, 5) is 32.4. The Morgan fingerprint density at radius 2 is 2.10 bits per heavy atom. The topological polar surface area (TPSA) is 152 Å².